The molecule has 0 aliphatic heterocycles. The first-order valence-corrected chi connectivity index (χ1v) is 7.95. The van der Waals surface area contributed by atoms with Crippen LogP contribution in [0.1, 0.15) is 51.3 Å². The summed E-state index contributed by atoms with van der Waals surface area (Å²) in [5.41, 5.74) is 2.39. The third-order valence-corrected chi connectivity index (χ3v) is 3.14. The summed E-state index contributed by atoms with van der Waals surface area (Å²) in [4.78, 5) is 0. The van der Waals surface area contributed by atoms with E-state index in [9.17, 15) is 0 Å². The average Bonchev–Trinajstić information content (AvgIpc) is 2.41. The van der Waals surface area contributed by atoms with Crippen molar-refractivity contribution in [3.05, 3.63) is 35.4 Å². The molecule has 120 valence electrons. The molecule has 0 radical (unpaired) electrons. The first-order chi connectivity index (χ1) is 9.92. The summed E-state index contributed by atoms with van der Waals surface area (Å²) >= 11 is 0. The van der Waals surface area contributed by atoms with E-state index in [2.05, 4.69) is 64.2 Å². The van der Waals surface area contributed by atoms with Crippen LogP contribution in [0.25, 0.3) is 0 Å². The number of rotatable bonds is 9. The first kappa shape index (κ1) is 18.1. The summed E-state index contributed by atoms with van der Waals surface area (Å²) in [7, 11) is 0. The Kier molecular flexibility index (Phi) is 7.94. The van der Waals surface area contributed by atoms with Gasteiger partial charge in [0, 0.05) is 6.54 Å². The van der Waals surface area contributed by atoms with E-state index in [4.69, 9.17) is 9.47 Å². The van der Waals surface area contributed by atoms with E-state index in [1.54, 1.807) is 0 Å². The SMILES string of the molecule is CCCNCC(OCCOC(C)(C)C)c1ccc(C)cc1. The number of benzene rings is 1. The van der Waals surface area contributed by atoms with Gasteiger partial charge in [-0.25, -0.2) is 0 Å². The molecular weight excluding hydrogens is 262 g/mol. The standard InChI is InChI=1S/C18H31NO2/c1-6-11-19-14-17(16-9-7-15(2)8-10-16)20-12-13-21-18(3,4)5/h7-10,17,19H,6,11-14H2,1-5H3. The fourth-order valence-corrected chi connectivity index (χ4v) is 2.00. The van der Waals surface area contributed by atoms with Crippen LogP contribution in [0.3, 0.4) is 0 Å². The molecular formula is C18H31NO2. The molecule has 0 fully saturated rings. The smallest absolute Gasteiger partial charge is 0.0950 e. The fraction of sp³-hybridized carbons (Fsp3) is 0.667. The lowest BCUT2D eigenvalue weighted by molar-refractivity contribution is -0.0518. The first-order valence-electron chi connectivity index (χ1n) is 7.95. The minimum Gasteiger partial charge on any atom is -0.373 e. The number of ether oxygens (including phenoxy) is 2. The summed E-state index contributed by atoms with van der Waals surface area (Å²) in [5.74, 6) is 0. The second kappa shape index (κ2) is 9.19. The zero-order chi connectivity index (χ0) is 15.7. The number of nitrogens with one attached hydrogen (secondary N) is 1. The van der Waals surface area contributed by atoms with Gasteiger partial charge in [0.15, 0.2) is 0 Å². The van der Waals surface area contributed by atoms with Gasteiger partial charge in [-0.2, -0.15) is 0 Å². The Hall–Kier alpha value is -0.900. The van der Waals surface area contributed by atoms with E-state index in [-0.39, 0.29) is 11.7 Å². The second-order valence-electron chi connectivity index (χ2n) is 6.44. The van der Waals surface area contributed by atoms with Crippen LogP contribution in [0.4, 0.5) is 0 Å². The number of hydrogen-bond acceptors (Lipinski definition) is 3. The molecule has 0 saturated carbocycles. The second-order valence-corrected chi connectivity index (χ2v) is 6.44. The van der Waals surface area contributed by atoms with E-state index >= 15 is 0 Å². The molecule has 1 atom stereocenters. The molecule has 0 amide bonds. The Labute approximate surface area is 130 Å². The quantitative estimate of drug-likeness (QED) is 0.701. The van der Waals surface area contributed by atoms with Crippen LogP contribution < -0.4 is 5.32 Å². The molecule has 1 rings (SSSR count). The molecule has 0 aliphatic carbocycles. The predicted molar refractivity (Wildman–Crippen MR) is 88.7 cm³/mol. The van der Waals surface area contributed by atoms with Crippen molar-refractivity contribution in [2.24, 2.45) is 0 Å². The lowest BCUT2D eigenvalue weighted by atomic mass is 10.1. The lowest BCUT2D eigenvalue weighted by Gasteiger charge is -2.22. The molecule has 3 nitrogen and oxygen atoms in total. The highest BCUT2D eigenvalue weighted by atomic mass is 16.5. The normalized spacial score (nSPS) is 13.4. The van der Waals surface area contributed by atoms with Gasteiger partial charge in [-0.15, -0.1) is 0 Å². The molecule has 0 bridgehead atoms. The summed E-state index contributed by atoms with van der Waals surface area (Å²) in [6.07, 6.45) is 1.22. The van der Waals surface area contributed by atoms with Gasteiger partial charge in [0.2, 0.25) is 0 Å². The maximum atomic E-state index is 6.02. The van der Waals surface area contributed by atoms with Crippen molar-refractivity contribution in [2.75, 3.05) is 26.3 Å². The molecule has 3 heteroatoms. The number of aryl methyl sites for hydroxylation is 1. The molecule has 0 aliphatic rings. The maximum absolute atomic E-state index is 6.02. The Bertz CT molecular complexity index is 381. The molecule has 1 unspecified atom stereocenters. The summed E-state index contributed by atoms with van der Waals surface area (Å²) in [6.45, 7) is 13.6. The molecule has 1 aromatic carbocycles. The summed E-state index contributed by atoms with van der Waals surface area (Å²) < 4.78 is 11.7. The highest BCUT2D eigenvalue weighted by Gasteiger charge is 2.13. The van der Waals surface area contributed by atoms with Gasteiger partial charge in [0.1, 0.15) is 0 Å². The Balaban J connectivity index is 2.50. The molecule has 21 heavy (non-hydrogen) atoms. The zero-order valence-electron chi connectivity index (χ0n) is 14.2. The molecule has 1 N–H and O–H groups in total. The minimum atomic E-state index is -0.108. The third kappa shape index (κ3) is 8.20. The van der Waals surface area contributed by atoms with Crippen molar-refractivity contribution in [3.63, 3.8) is 0 Å². The van der Waals surface area contributed by atoms with Crippen LogP contribution in [0.2, 0.25) is 0 Å². The van der Waals surface area contributed by atoms with Crippen LogP contribution in [0.15, 0.2) is 24.3 Å². The van der Waals surface area contributed by atoms with Crippen LogP contribution in [0, 0.1) is 6.92 Å². The molecule has 0 spiro atoms. The van der Waals surface area contributed by atoms with Crippen LogP contribution in [0.5, 0.6) is 0 Å². The van der Waals surface area contributed by atoms with Crippen molar-refractivity contribution in [3.8, 4) is 0 Å². The van der Waals surface area contributed by atoms with E-state index < -0.39 is 0 Å². The Morgan fingerprint density at radius 1 is 1.10 bits per heavy atom. The minimum absolute atomic E-state index is 0.0840. The van der Waals surface area contributed by atoms with Gasteiger partial charge in [-0.05, 0) is 46.2 Å². The Morgan fingerprint density at radius 2 is 1.76 bits per heavy atom. The number of hydrogen-bond donors (Lipinski definition) is 1. The maximum Gasteiger partial charge on any atom is 0.0950 e. The topological polar surface area (TPSA) is 30.5 Å². The van der Waals surface area contributed by atoms with Gasteiger partial charge in [-0.3, -0.25) is 0 Å². The van der Waals surface area contributed by atoms with Crippen molar-refractivity contribution < 1.29 is 9.47 Å². The lowest BCUT2D eigenvalue weighted by Crippen LogP contribution is -2.26. The van der Waals surface area contributed by atoms with Gasteiger partial charge in [-0.1, -0.05) is 36.8 Å². The van der Waals surface area contributed by atoms with E-state index in [0.29, 0.717) is 13.2 Å². The van der Waals surface area contributed by atoms with Gasteiger partial charge in [0.05, 0.1) is 24.9 Å². The molecule has 1 aromatic rings. The molecule has 0 heterocycles. The molecule has 0 aromatic heterocycles. The van der Waals surface area contributed by atoms with Crippen molar-refractivity contribution in [1.29, 1.82) is 0 Å². The predicted octanol–water partition coefficient (Wildman–Crippen LogP) is 3.87. The van der Waals surface area contributed by atoms with Crippen molar-refractivity contribution in [2.45, 2.75) is 52.7 Å². The van der Waals surface area contributed by atoms with Crippen molar-refractivity contribution >= 4 is 0 Å². The largest absolute Gasteiger partial charge is 0.373 e. The van der Waals surface area contributed by atoms with Crippen LogP contribution in [-0.4, -0.2) is 31.9 Å². The average molecular weight is 293 g/mol. The highest BCUT2D eigenvalue weighted by Crippen LogP contribution is 2.17. The summed E-state index contributed by atoms with van der Waals surface area (Å²) in [5, 5.41) is 3.44. The van der Waals surface area contributed by atoms with E-state index in [1.165, 1.54) is 11.1 Å². The third-order valence-electron chi connectivity index (χ3n) is 3.14. The highest BCUT2D eigenvalue weighted by molar-refractivity contribution is 5.23. The molecule has 0 saturated heterocycles. The monoisotopic (exact) mass is 293 g/mol. The van der Waals surface area contributed by atoms with E-state index in [1.807, 2.05) is 0 Å². The van der Waals surface area contributed by atoms with Crippen LogP contribution >= 0.6 is 0 Å². The summed E-state index contributed by atoms with van der Waals surface area (Å²) in [6, 6.07) is 8.57. The van der Waals surface area contributed by atoms with E-state index in [0.717, 1.165) is 19.5 Å². The van der Waals surface area contributed by atoms with Crippen molar-refractivity contribution in [1.82, 2.24) is 5.32 Å². The van der Waals surface area contributed by atoms with Gasteiger partial charge < -0.3 is 14.8 Å². The van der Waals surface area contributed by atoms with Crippen LogP contribution in [-0.2, 0) is 9.47 Å². The fourth-order valence-electron chi connectivity index (χ4n) is 2.00. The Morgan fingerprint density at radius 3 is 2.33 bits per heavy atom. The van der Waals surface area contributed by atoms with Gasteiger partial charge in [0.25, 0.3) is 0 Å². The van der Waals surface area contributed by atoms with Gasteiger partial charge >= 0.3 is 0 Å². The zero-order valence-corrected chi connectivity index (χ0v) is 14.2.